The first-order valence-electron chi connectivity index (χ1n) is 7.61. The summed E-state index contributed by atoms with van der Waals surface area (Å²) in [7, 11) is 0. The van der Waals surface area contributed by atoms with Gasteiger partial charge in [-0.25, -0.2) is 0 Å². The smallest absolute Gasteiger partial charge is 0.312 e. The van der Waals surface area contributed by atoms with E-state index in [0.29, 0.717) is 14.7 Å². The van der Waals surface area contributed by atoms with E-state index in [4.69, 9.17) is 4.74 Å². The second kappa shape index (κ2) is 6.54. The molecule has 122 valence electrons. The average Bonchev–Trinajstić information content (AvgIpc) is 2.61. The molecule has 0 radical (unpaired) electrons. The Morgan fingerprint density at radius 1 is 1.12 bits per heavy atom. The zero-order chi connectivity index (χ0) is 17.1. The second-order valence-corrected chi connectivity index (χ2v) is 5.22. The molecule has 2 aromatic carbocycles. The fraction of sp³-hybridized carbons (Fsp3) is 0.167. The molecule has 0 N–H and O–H groups in total. The molecule has 0 bridgehead atoms. The molecule has 1 heterocycles. The maximum atomic E-state index is 12.9. The van der Waals surface area contributed by atoms with Gasteiger partial charge < -0.3 is 14.7 Å². The summed E-state index contributed by atoms with van der Waals surface area (Å²) < 4.78 is 6.29. The number of hydrogen-bond acceptors (Lipinski definition) is 4. The number of nitrogens with zero attached hydrogens (tertiary/aromatic N) is 2. The normalized spacial score (nSPS) is 10.7. The quantitative estimate of drug-likeness (QED) is 0.546. The number of carbonyl (C=O) groups excluding carboxylic acids is 1. The van der Waals surface area contributed by atoms with Crippen molar-refractivity contribution >= 4 is 17.0 Å². The third kappa shape index (κ3) is 2.74. The molecular weight excluding hydrogens is 308 g/mol. The van der Waals surface area contributed by atoms with Gasteiger partial charge in [-0.05, 0) is 25.1 Å². The predicted octanol–water partition coefficient (Wildman–Crippen LogP) is 2.67. The summed E-state index contributed by atoms with van der Waals surface area (Å²) in [6, 6.07) is 15.3. The fourth-order valence-corrected chi connectivity index (χ4v) is 2.67. The maximum absolute atomic E-state index is 12.9. The Morgan fingerprint density at radius 2 is 1.79 bits per heavy atom. The van der Waals surface area contributed by atoms with Crippen LogP contribution in [0.5, 0.6) is 0 Å². The first kappa shape index (κ1) is 15.7. The lowest BCUT2D eigenvalue weighted by Crippen LogP contribution is -2.26. The molecule has 0 atom stereocenters. The summed E-state index contributed by atoms with van der Waals surface area (Å²) in [6.45, 7) is 1.90. The summed E-state index contributed by atoms with van der Waals surface area (Å²) in [5, 5.41) is 12.8. The monoisotopic (exact) mass is 324 g/mol. The number of ether oxygens (including phenoxy) is 1. The molecule has 0 saturated heterocycles. The van der Waals surface area contributed by atoms with Crippen molar-refractivity contribution in [3.63, 3.8) is 0 Å². The van der Waals surface area contributed by atoms with E-state index < -0.39 is 5.97 Å². The molecule has 6 nitrogen and oxygen atoms in total. The van der Waals surface area contributed by atoms with Crippen LogP contribution in [0.3, 0.4) is 0 Å². The van der Waals surface area contributed by atoms with E-state index in [2.05, 4.69) is 0 Å². The molecule has 0 fully saturated rings. The van der Waals surface area contributed by atoms with Gasteiger partial charge in [0.1, 0.15) is 11.2 Å². The molecule has 3 rings (SSSR count). The van der Waals surface area contributed by atoms with Crippen LogP contribution < -0.4 is 4.43 Å². The van der Waals surface area contributed by atoms with Crippen LogP contribution in [-0.4, -0.2) is 17.3 Å². The highest BCUT2D eigenvalue weighted by Crippen LogP contribution is 2.23. The number of rotatable bonds is 4. The minimum atomic E-state index is -0.547. The van der Waals surface area contributed by atoms with Crippen LogP contribution in [0.2, 0.25) is 0 Å². The van der Waals surface area contributed by atoms with Crippen molar-refractivity contribution < 1.29 is 14.0 Å². The van der Waals surface area contributed by atoms with Gasteiger partial charge in [-0.3, -0.25) is 4.79 Å². The van der Waals surface area contributed by atoms with E-state index >= 15 is 0 Å². The molecule has 3 aromatic rings. The van der Waals surface area contributed by atoms with Crippen LogP contribution in [0.4, 0.5) is 0 Å². The van der Waals surface area contributed by atoms with E-state index in [-0.39, 0.29) is 35.4 Å². The zero-order valence-electron chi connectivity index (χ0n) is 13.1. The van der Waals surface area contributed by atoms with Crippen molar-refractivity contribution in [3.8, 4) is 11.3 Å². The van der Waals surface area contributed by atoms with Gasteiger partial charge in [-0.2, -0.15) is 0 Å². The predicted molar refractivity (Wildman–Crippen MR) is 89.8 cm³/mol. The molecule has 0 aliphatic carbocycles. The van der Waals surface area contributed by atoms with Crippen molar-refractivity contribution in [3.05, 3.63) is 70.4 Å². The van der Waals surface area contributed by atoms with E-state index in [1.54, 1.807) is 55.5 Å². The molecule has 24 heavy (non-hydrogen) atoms. The zero-order valence-corrected chi connectivity index (χ0v) is 13.1. The Kier molecular flexibility index (Phi) is 4.29. The SMILES string of the molecule is CCOC(=O)Cc1c(-c2ccccc2)[n+](=O)c2ccccc2n1[O-]. The van der Waals surface area contributed by atoms with Crippen LogP contribution in [0.25, 0.3) is 22.3 Å². The molecule has 0 spiro atoms. The number of aromatic nitrogens is 2. The van der Waals surface area contributed by atoms with E-state index in [1.807, 2.05) is 6.07 Å². The van der Waals surface area contributed by atoms with Crippen molar-refractivity contribution in [2.75, 3.05) is 6.61 Å². The van der Waals surface area contributed by atoms with Gasteiger partial charge in [0.25, 0.3) is 11.2 Å². The van der Waals surface area contributed by atoms with Gasteiger partial charge in [0.2, 0.25) is 0 Å². The Morgan fingerprint density at radius 3 is 2.50 bits per heavy atom. The van der Waals surface area contributed by atoms with Crippen molar-refractivity contribution in [2.24, 2.45) is 0 Å². The van der Waals surface area contributed by atoms with Crippen molar-refractivity contribution in [1.82, 2.24) is 4.73 Å². The maximum Gasteiger partial charge on any atom is 0.312 e. The summed E-state index contributed by atoms with van der Waals surface area (Å²) >= 11 is 0. The molecule has 6 heteroatoms. The molecule has 0 unspecified atom stereocenters. The van der Waals surface area contributed by atoms with Crippen LogP contribution in [0, 0.1) is 10.1 Å². The average molecular weight is 324 g/mol. The first-order chi connectivity index (χ1) is 11.6. The van der Waals surface area contributed by atoms with Crippen LogP contribution in [-0.2, 0) is 16.0 Å². The van der Waals surface area contributed by atoms with E-state index in [0.717, 1.165) is 0 Å². The number of benzene rings is 2. The highest BCUT2D eigenvalue weighted by atomic mass is 16.5. The molecule has 0 aliphatic rings. The van der Waals surface area contributed by atoms with Gasteiger partial charge in [-0.15, -0.1) is 0 Å². The Bertz CT molecular complexity index is 948. The molecule has 0 amide bonds. The molecule has 0 aliphatic heterocycles. The second-order valence-electron chi connectivity index (χ2n) is 5.22. The number of para-hydroxylation sites is 2. The van der Waals surface area contributed by atoms with Gasteiger partial charge in [0.05, 0.1) is 23.0 Å². The van der Waals surface area contributed by atoms with Crippen LogP contribution in [0.15, 0.2) is 54.6 Å². The first-order valence-corrected chi connectivity index (χ1v) is 7.61. The third-order valence-corrected chi connectivity index (χ3v) is 3.71. The molecule has 0 saturated carbocycles. The molecule has 1 aromatic heterocycles. The Labute approximate surface area is 138 Å². The van der Waals surface area contributed by atoms with Crippen LogP contribution in [0.1, 0.15) is 12.6 Å². The summed E-state index contributed by atoms with van der Waals surface area (Å²) in [6.07, 6.45) is -0.269. The lowest BCUT2D eigenvalue weighted by atomic mass is 10.1. The van der Waals surface area contributed by atoms with Crippen LogP contribution >= 0.6 is 0 Å². The third-order valence-electron chi connectivity index (χ3n) is 3.71. The van der Waals surface area contributed by atoms with Gasteiger partial charge in [0.15, 0.2) is 0 Å². The summed E-state index contributed by atoms with van der Waals surface area (Å²) in [4.78, 5) is 24.8. The number of carbonyl (C=O) groups is 1. The lowest BCUT2D eigenvalue weighted by molar-refractivity contribution is -0.452. The van der Waals surface area contributed by atoms with Crippen molar-refractivity contribution in [2.45, 2.75) is 13.3 Å². The Hall–Kier alpha value is -3.15. The van der Waals surface area contributed by atoms with E-state index in [1.165, 1.54) is 0 Å². The minimum absolute atomic E-state index is 0.0772. The molecular formula is C18H16N2O4. The standard InChI is InChI=1S/C18H16N2O4/c1-2-24-17(21)12-16-18(13-8-4-3-5-9-13)20(23)15-11-7-6-10-14(15)19(16)22/h3-11H,2,12H2,1H3. The summed E-state index contributed by atoms with van der Waals surface area (Å²) in [5.74, 6) is -0.547. The van der Waals surface area contributed by atoms with Gasteiger partial charge in [0, 0.05) is 11.0 Å². The lowest BCUT2D eigenvalue weighted by Gasteiger charge is -2.18. The fourth-order valence-electron chi connectivity index (χ4n) is 2.67. The number of esters is 1. The van der Waals surface area contributed by atoms with E-state index in [9.17, 15) is 14.9 Å². The highest BCUT2D eigenvalue weighted by molar-refractivity contribution is 5.79. The topological polar surface area (TPSA) is 77.3 Å². The summed E-state index contributed by atoms with van der Waals surface area (Å²) in [5.41, 5.74) is 1.28. The van der Waals surface area contributed by atoms with Crippen molar-refractivity contribution in [1.29, 1.82) is 0 Å². The van der Waals surface area contributed by atoms with Gasteiger partial charge in [-0.1, -0.05) is 30.3 Å². The minimum Gasteiger partial charge on any atom is -0.805 e. The Balaban J connectivity index is 2.32. The van der Waals surface area contributed by atoms with Gasteiger partial charge >= 0.3 is 5.97 Å². The highest BCUT2D eigenvalue weighted by Gasteiger charge is 2.25. The number of hydrogen-bond donors (Lipinski definition) is 0. The largest absolute Gasteiger partial charge is 0.805 e. The number of fused-ring (bicyclic) bond motifs is 1.